The van der Waals surface area contributed by atoms with Gasteiger partial charge < -0.3 is 10.0 Å². The number of carbonyl (C=O) groups is 2. The van der Waals surface area contributed by atoms with Crippen LogP contribution in [0.25, 0.3) is 0 Å². The first-order valence-corrected chi connectivity index (χ1v) is 7.06. The van der Waals surface area contributed by atoms with E-state index in [0.29, 0.717) is 9.75 Å². The molecule has 0 bridgehead atoms. The fourth-order valence-electron chi connectivity index (χ4n) is 2.11. The molecule has 1 aromatic heterocycles. The number of amides is 1. The zero-order chi connectivity index (χ0) is 14.9. The number of ketones is 1. The number of hydrogen-bond acceptors (Lipinski definition) is 4. The highest BCUT2D eigenvalue weighted by molar-refractivity contribution is 7.15. The zero-order valence-corrected chi connectivity index (χ0v) is 11.8. The van der Waals surface area contributed by atoms with Crippen molar-refractivity contribution in [2.45, 2.75) is 31.8 Å². The van der Waals surface area contributed by atoms with Gasteiger partial charge in [0, 0.05) is 13.1 Å². The maximum absolute atomic E-state index is 12.7. The van der Waals surface area contributed by atoms with E-state index in [1.807, 2.05) is 0 Å². The first kappa shape index (κ1) is 15.1. The molecule has 0 aliphatic carbocycles. The molecule has 110 valence electrons. The van der Waals surface area contributed by atoms with Crippen molar-refractivity contribution in [3.63, 3.8) is 0 Å². The van der Waals surface area contributed by atoms with Gasteiger partial charge in [-0.3, -0.25) is 9.59 Å². The molecule has 20 heavy (non-hydrogen) atoms. The van der Waals surface area contributed by atoms with E-state index in [1.54, 1.807) is 12.1 Å². The van der Waals surface area contributed by atoms with Crippen molar-refractivity contribution in [3.8, 4) is 0 Å². The molecule has 0 aromatic carbocycles. The van der Waals surface area contributed by atoms with E-state index < -0.39 is 12.0 Å². The predicted octanol–water partition coefficient (Wildman–Crippen LogP) is 2.18. The maximum Gasteiger partial charge on any atom is 0.266 e. The second-order valence-electron chi connectivity index (χ2n) is 4.92. The fraction of sp³-hybridized carbons (Fsp3) is 0.538. The van der Waals surface area contributed by atoms with Crippen LogP contribution >= 0.6 is 11.3 Å². The molecule has 0 atom stereocenters. The van der Waals surface area contributed by atoms with Gasteiger partial charge in [0.2, 0.25) is 0 Å². The highest BCUT2D eigenvalue weighted by atomic mass is 32.1. The number of Topliss-reactive ketones (excluding diaryl/α,β-unsaturated/α-hetero) is 1. The van der Waals surface area contributed by atoms with Gasteiger partial charge in [0.05, 0.1) is 9.75 Å². The zero-order valence-electron chi connectivity index (χ0n) is 10.9. The van der Waals surface area contributed by atoms with Crippen LogP contribution in [0.2, 0.25) is 0 Å². The van der Waals surface area contributed by atoms with Crippen LogP contribution in [0.15, 0.2) is 12.1 Å². The van der Waals surface area contributed by atoms with Crippen LogP contribution in [0, 0.1) is 0 Å². The van der Waals surface area contributed by atoms with Gasteiger partial charge in [-0.05, 0) is 31.9 Å². The monoisotopic (exact) mass is 303 g/mol. The van der Waals surface area contributed by atoms with E-state index in [0.717, 1.165) is 11.3 Å². The molecule has 1 fully saturated rings. The first-order chi connectivity index (χ1) is 9.33. The van der Waals surface area contributed by atoms with Crippen molar-refractivity contribution in [1.82, 2.24) is 4.90 Å². The van der Waals surface area contributed by atoms with Crippen molar-refractivity contribution < 1.29 is 23.5 Å². The molecule has 4 nitrogen and oxygen atoms in total. The van der Waals surface area contributed by atoms with Gasteiger partial charge >= 0.3 is 0 Å². The molecule has 1 saturated heterocycles. The Morgan fingerprint density at radius 3 is 2.30 bits per heavy atom. The van der Waals surface area contributed by atoms with Crippen molar-refractivity contribution in [2.24, 2.45) is 0 Å². The van der Waals surface area contributed by atoms with E-state index in [2.05, 4.69) is 0 Å². The Balaban J connectivity index is 2.03. The minimum atomic E-state index is -2.80. The van der Waals surface area contributed by atoms with Gasteiger partial charge in [-0.1, -0.05) is 0 Å². The Morgan fingerprint density at radius 2 is 1.85 bits per heavy atom. The van der Waals surface area contributed by atoms with E-state index in [1.165, 1.54) is 11.8 Å². The Labute approximate surface area is 119 Å². The summed E-state index contributed by atoms with van der Waals surface area (Å²) >= 11 is 1.10. The average Bonchev–Trinajstić information content (AvgIpc) is 2.88. The van der Waals surface area contributed by atoms with Crippen LogP contribution in [0.1, 0.15) is 39.1 Å². The Hall–Kier alpha value is -1.34. The lowest BCUT2D eigenvalue weighted by Crippen LogP contribution is -2.50. The first-order valence-electron chi connectivity index (χ1n) is 6.24. The highest BCUT2D eigenvalue weighted by Gasteiger charge is 2.41. The summed E-state index contributed by atoms with van der Waals surface area (Å²) in [4.78, 5) is 25.7. The Morgan fingerprint density at radius 1 is 1.30 bits per heavy atom. The van der Waals surface area contributed by atoms with Gasteiger partial charge in [0.1, 0.15) is 5.60 Å². The fourth-order valence-corrected chi connectivity index (χ4v) is 2.98. The normalized spacial score (nSPS) is 18.4. The van der Waals surface area contributed by atoms with Gasteiger partial charge in [0.25, 0.3) is 12.3 Å². The topological polar surface area (TPSA) is 57.6 Å². The number of halogens is 2. The maximum atomic E-state index is 12.7. The van der Waals surface area contributed by atoms with E-state index >= 15 is 0 Å². The van der Waals surface area contributed by atoms with Crippen LogP contribution in [0.4, 0.5) is 8.78 Å². The number of alkyl halides is 2. The lowest BCUT2D eigenvalue weighted by atomic mass is 9.92. The van der Waals surface area contributed by atoms with E-state index in [4.69, 9.17) is 0 Å². The summed E-state index contributed by atoms with van der Waals surface area (Å²) in [5, 5.41) is 9.67. The third-order valence-corrected chi connectivity index (χ3v) is 4.66. The van der Waals surface area contributed by atoms with Crippen LogP contribution in [0.3, 0.4) is 0 Å². The highest BCUT2D eigenvalue weighted by Crippen LogP contribution is 2.30. The summed E-state index contributed by atoms with van der Waals surface area (Å²) in [6.07, 6.45) is -3.08. The number of likely N-dealkylation sites (tertiary alicyclic amines) is 1. The van der Waals surface area contributed by atoms with E-state index in [9.17, 15) is 23.5 Å². The Bertz CT molecular complexity index is 521. The number of thiophene rings is 1. The summed E-state index contributed by atoms with van der Waals surface area (Å²) in [5.41, 5.74) is -1.99. The number of hydrogen-bond donors (Lipinski definition) is 1. The van der Waals surface area contributed by atoms with Crippen molar-refractivity contribution >= 4 is 23.0 Å². The lowest BCUT2D eigenvalue weighted by Gasteiger charge is -2.37. The van der Waals surface area contributed by atoms with Gasteiger partial charge in [-0.15, -0.1) is 11.3 Å². The summed E-state index contributed by atoms with van der Waals surface area (Å²) in [7, 11) is 0. The molecular weight excluding hydrogens is 288 g/mol. The van der Waals surface area contributed by atoms with Crippen LogP contribution in [-0.2, 0) is 0 Å². The molecule has 1 aromatic rings. The second kappa shape index (κ2) is 5.57. The summed E-state index contributed by atoms with van der Waals surface area (Å²) in [5.74, 6) is -0.390. The molecular formula is C13H15F2NO3S. The Kier molecular flexibility index (Phi) is 4.19. The van der Waals surface area contributed by atoms with Crippen molar-refractivity contribution in [1.29, 1.82) is 0 Å². The molecule has 0 radical (unpaired) electrons. The number of rotatable bonds is 3. The molecule has 1 aliphatic rings. The van der Waals surface area contributed by atoms with Gasteiger partial charge in [-0.2, -0.15) is 0 Å². The molecule has 2 rings (SSSR count). The van der Waals surface area contributed by atoms with Crippen molar-refractivity contribution in [3.05, 3.63) is 21.9 Å². The number of nitrogens with zero attached hydrogens (tertiary/aromatic N) is 1. The van der Waals surface area contributed by atoms with Crippen LogP contribution in [0.5, 0.6) is 0 Å². The van der Waals surface area contributed by atoms with Crippen molar-refractivity contribution in [2.75, 3.05) is 13.1 Å². The third-order valence-electron chi connectivity index (χ3n) is 3.49. The minimum absolute atomic E-state index is 0.0903. The summed E-state index contributed by atoms with van der Waals surface area (Å²) in [6.45, 7) is 1.60. The smallest absolute Gasteiger partial charge is 0.266 e. The number of piperidine rings is 1. The number of aliphatic hydroxyl groups is 1. The van der Waals surface area contributed by atoms with Crippen LogP contribution in [-0.4, -0.2) is 46.8 Å². The summed E-state index contributed by atoms with van der Waals surface area (Å²) in [6, 6.07) is 3.15. The standard InChI is InChI=1S/C13H15F2NO3S/c1-8(17)9-2-3-10(20-9)11(18)16-6-4-13(19,5-7-16)12(14)15/h2-3,12,19H,4-7H2,1H3. The van der Waals surface area contributed by atoms with Gasteiger partial charge in [-0.25, -0.2) is 8.78 Å². The molecule has 7 heteroatoms. The van der Waals surface area contributed by atoms with Crippen LogP contribution < -0.4 is 0 Å². The average molecular weight is 303 g/mol. The van der Waals surface area contributed by atoms with E-state index in [-0.39, 0.29) is 37.6 Å². The molecule has 0 saturated carbocycles. The predicted molar refractivity (Wildman–Crippen MR) is 70.4 cm³/mol. The second-order valence-corrected chi connectivity index (χ2v) is 6.00. The third kappa shape index (κ3) is 2.88. The molecule has 0 unspecified atom stereocenters. The summed E-state index contributed by atoms with van der Waals surface area (Å²) < 4.78 is 25.3. The SMILES string of the molecule is CC(=O)c1ccc(C(=O)N2CCC(O)(C(F)F)CC2)s1. The number of carbonyl (C=O) groups excluding carboxylic acids is 2. The molecule has 1 aliphatic heterocycles. The molecule has 0 spiro atoms. The minimum Gasteiger partial charge on any atom is -0.384 e. The molecule has 1 amide bonds. The van der Waals surface area contributed by atoms with Gasteiger partial charge in [0.15, 0.2) is 5.78 Å². The molecule has 2 heterocycles. The molecule has 1 N–H and O–H groups in total. The lowest BCUT2D eigenvalue weighted by molar-refractivity contribution is -0.122. The quantitative estimate of drug-likeness (QED) is 0.871. The largest absolute Gasteiger partial charge is 0.384 e.